The SMILES string of the molecule is CC[N+](CC)(CCCCN(Cc1ccc2ccccc2c1)C(=O)c1sc2c(Cl)ccc(OC(F)F)c2c1Cl)Cc1cc(C)cc(C)c1.[Br-]. The number of hydrogen-bond donors (Lipinski definition) is 0. The lowest BCUT2D eigenvalue weighted by atomic mass is 10.1. The minimum Gasteiger partial charge on any atom is -1.00 e. The lowest BCUT2D eigenvalue weighted by Gasteiger charge is -2.37. The number of rotatable bonds is 14. The van der Waals surface area contributed by atoms with Crippen molar-refractivity contribution < 1.29 is 39.8 Å². The van der Waals surface area contributed by atoms with Crippen LogP contribution in [-0.4, -0.2) is 48.1 Å². The fourth-order valence-electron chi connectivity index (χ4n) is 6.53. The molecule has 4 nitrogen and oxygen atoms in total. The number of ether oxygens (including phenoxy) is 1. The van der Waals surface area contributed by atoms with E-state index in [1.807, 2.05) is 23.1 Å². The number of quaternary nitrogens is 1. The summed E-state index contributed by atoms with van der Waals surface area (Å²) in [5, 5.41) is 2.86. The van der Waals surface area contributed by atoms with Crippen molar-refractivity contribution in [2.75, 3.05) is 26.2 Å². The molecule has 0 aliphatic carbocycles. The summed E-state index contributed by atoms with van der Waals surface area (Å²) in [4.78, 5) is 16.4. The molecule has 1 amide bonds. The first-order chi connectivity index (χ1) is 22.5. The standard InChI is InChI=1S/C38H41Cl2F2N2O2S.BrH/c1-5-44(6-2,24-28-20-25(3)19-26(4)21-28)18-10-9-17-43(23-27-13-14-29-11-7-8-12-30(29)22-27)37(45)36-34(40)33-32(46-38(41)42)16-15-31(39)35(33)47-36;/h7-8,11-16,19-22,38H,5-6,9-10,17-18,23-24H2,1-4H3;1H/q+1;/p-1. The van der Waals surface area contributed by atoms with Gasteiger partial charge in [-0.1, -0.05) is 88.9 Å². The Balaban J connectivity index is 0.00000520. The van der Waals surface area contributed by atoms with Crippen LogP contribution in [0.3, 0.4) is 0 Å². The van der Waals surface area contributed by atoms with Gasteiger partial charge in [-0.15, -0.1) is 11.3 Å². The van der Waals surface area contributed by atoms with E-state index in [1.54, 1.807) is 0 Å². The number of unbranched alkanes of at least 4 members (excludes halogenated alkanes) is 1. The molecule has 1 heterocycles. The first-order valence-corrected chi connectivity index (χ1v) is 17.6. The highest BCUT2D eigenvalue weighted by Gasteiger charge is 2.28. The molecule has 0 atom stereocenters. The monoisotopic (exact) mass is 776 g/mol. The van der Waals surface area contributed by atoms with Crippen molar-refractivity contribution in [2.45, 2.75) is 60.2 Å². The molecule has 5 aromatic rings. The Morgan fingerprint density at radius 1 is 0.896 bits per heavy atom. The van der Waals surface area contributed by atoms with Crippen molar-refractivity contribution in [3.8, 4) is 5.75 Å². The van der Waals surface area contributed by atoms with Crippen LogP contribution in [0.2, 0.25) is 10.0 Å². The van der Waals surface area contributed by atoms with Crippen LogP contribution in [0.15, 0.2) is 72.8 Å². The summed E-state index contributed by atoms with van der Waals surface area (Å²) in [7, 11) is 0. The zero-order chi connectivity index (χ0) is 33.7. The molecule has 256 valence electrons. The zero-order valence-corrected chi connectivity index (χ0v) is 31.6. The van der Waals surface area contributed by atoms with E-state index in [2.05, 4.69) is 70.2 Å². The molecule has 1 aromatic heterocycles. The van der Waals surface area contributed by atoms with Gasteiger partial charge in [-0.3, -0.25) is 4.79 Å². The fraction of sp³-hybridized carbons (Fsp3) is 0.342. The number of amides is 1. The summed E-state index contributed by atoms with van der Waals surface area (Å²) in [5.74, 6) is -0.358. The molecule has 0 fully saturated rings. The topological polar surface area (TPSA) is 29.5 Å². The molecule has 0 saturated heterocycles. The maximum atomic E-state index is 14.3. The van der Waals surface area contributed by atoms with E-state index in [0.29, 0.717) is 22.8 Å². The highest BCUT2D eigenvalue weighted by atomic mass is 79.9. The Labute approximate surface area is 306 Å². The van der Waals surface area contributed by atoms with E-state index < -0.39 is 6.61 Å². The number of benzene rings is 4. The summed E-state index contributed by atoms with van der Waals surface area (Å²) in [5.41, 5.74) is 4.91. The highest BCUT2D eigenvalue weighted by Crippen LogP contribution is 2.45. The number of thiophene rings is 1. The molecular weight excluding hydrogens is 737 g/mol. The molecular formula is C38H41BrCl2F2N2O2S. The molecule has 0 spiro atoms. The summed E-state index contributed by atoms with van der Waals surface area (Å²) in [6, 6.07) is 24.0. The fourth-order valence-corrected chi connectivity index (χ4v) is 8.33. The summed E-state index contributed by atoms with van der Waals surface area (Å²) in [6.45, 7) is 10.7. The van der Waals surface area contributed by atoms with Gasteiger partial charge in [0.25, 0.3) is 5.91 Å². The van der Waals surface area contributed by atoms with Gasteiger partial charge in [-0.2, -0.15) is 8.78 Å². The second kappa shape index (κ2) is 16.8. The third kappa shape index (κ3) is 8.88. The Bertz CT molecular complexity index is 1860. The van der Waals surface area contributed by atoms with Gasteiger partial charge in [-0.05, 0) is 75.1 Å². The van der Waals surface area contributed by atoms with E-state index in [-0.39, 0.29) is 43.9 Å². The molecule has 4 aromatic carbocycles. The molecule has 0 saturated carbocycles. The first-order valence-electron chi connectivity index (χ1n) is 16.1. The normalized spacial score (nSPS) is 11.7. The van der Waals surface area contributed by atoms with Gasteiger partial charge in [0.1, 0.15) is 17.2 Å². The van der Waals surface area contributed by atoms with Crippen LogP contribution in [0.1, 0.15) is 58.6 Å². The quantitative estimate of drug-likeness (QED) is 0.0844. The minimum absolute atomic E-state index is 0. The van der Waals surface area contributed by atoms with E-state index in [0.717, 1.165) is 71.2 Å². The van der Waals surface area contributed by atoms with Crippen molar-refractivity contribution in [1.82, 2.24) is 4.90 Å². The lowest BCUT2D eigenvalue weighted by molar-refractivity contribution is -0.938. The number of alkyl halides is 2. The average molecular weight is 779 g/mol. The largest absolute Gasteiger partial charge is 1.00 e. The first kappa shape index (κ1) is 38.1. The molecule has 5 rings (SSSR count). The predicted molar refractivity (Wildman–Crippen MR) is 192 cm³/mol. The third-order valence-corrected chi connectivity index (χ3v) is 11.2. The Morgan fingerprint density at radius 3 is 2.25 bits per heavy atom. The number of halogens is 5. The van der Waals surface area contributed by atoms with E-state index in [1.165, 1.54) is 28.8 Å². The molecule has 0 N–H and O–H groups in total. The van der Waals surface area contributed by atoms with E-state index in [9.17, 15) is 13.6 Å². The molecule has 0 aliphatic heterocycles. The minimum atomic E-state index is -3.04. The van der Waals surface area contributed by atoms with Crippen LogP contribution in [0.25, 0.3) is 20.9 Å². The Hall–Kier alpha value is -2.75. The molecule has 48 heavy (non-hydrogen) atoms. The Kier molecular flexibility index (Phi) is 13.3. The zero-order valence-electron chi connectivity index (χ0n) is 27.7. The van der Waals surface area contributed by atoms with Gasteiger partial charge in [-0.25, -0.2) is 0 Å². The third-order valence-electron chi connectivity index (χ3n) is 9.03. The second-order valence-electron chi connectivity index (χ2n) is 12.3. The lowest BCUT2D eigenvalue weighted by Crippen LogP contribution is -3.00. The van der Waals surface area contributed by atoms with Crippen molar-refractivity contribution in [3.63, 3.8) is 0 Å². The number of hydrogen-bond acceptors (Lipinski definition) is 3. The highest BCUT2D eigenvalue weighted by molar-refractivity contribution is 7.22. The maximum absolute atomic E-state index is 14.3. The van der Waals surface area contributed by atoms with Crippen LogP contribution >= 0.6 is 34.5 Å². The Morgan fingerprint density at radius 2 is 1.58 bits per heavy atom. The van der Waals surface area contributed by atoms with Crippen LogP contribution in [0.4, 0.5) is 8.78 Å². The molecule has 10 heteroatoms. The van der Waals surface area contributed by atoms with Crippen molar-refractivity contribution in [1.29, 1.82) is 0 Å². The van der Waals surface area contributed by atoms with Crippen LogP contribution in [-0.2, 0) is 13.1 Å². The number of carbonyl (C=O) groups excluding carboxylic acids is 1. The van der Waals surface area contributed by atoms with Crippen LogP contribution in [0, 0.1) is 13.8 Å². The number of carbonyl (C=O) groups is 1. The van der Waals surface area contributed by atoms with Gasteiger partial charge in [0.15, 0.2) is 0 Å². The van der Waals surface area contributed by atoms with Gasteiger partial charge in [0.05, 0.1) is 39.8 Å². The smallest absolute Gasteiger partial charge is 0.387 e. The molecule has 0 bridgehead atoms. The van der Waals surface area contributed by atoms with Gasteiger partial charge in [0, 0.05) is 18.7 Å². The van der Waals surface area contributed by atoms with Crippen molar-refractivity contribution >= 4 is 61.3 Å². The summed E-state index contributed by atoms with van der Waals surface area (Å²) >= 11 is 14.3. The van der Waals surface area contributed by atoms with Crippen molar-refractivity contribution in [2.24, 2.45) is 0 Å². The van der Waals surface area contributed by atoms with Gasteiger partial charge >= 0.3 is 6.61 Å². The van der Waals surface area contributed by atoms with Crippen LogP contribution in [0.5, 0.6) is 5.75 Å². The second-order valence-corrected chi connectivity index (χ2v) is 14.1. The average Bonchev–Trinajstić information content (AvgIpc) is 3.40. The van der Waals surface area contributed by atoms with Gasteiger partial charge in [0.2, 0.25) is 0 Å². The molecule has 0 unspecified atom stereocenters. The number of fused-ring (bicyclic) bond motifs is 2. The number of nitrogens with zero attached hydrogens (tertiary/aromatic N) is 2. The van der Waals surface area contributed by atoms with E-state index in [4.69, 9.17) is 27.9 Å². The maximum Gasteiger partial charge on any atom is 0.387 e. The summed E-state index contributed by atoms with van der Waals surface area (Å²) < 4.78 is 32.6. The number of aryl methyl sites for hydroxylation is 2. The van der Waals surface area contributed by atoms with Crippen molar-refractivity contribution in [3.05, 3.63) is 110 Å². The summed E-state index contributed by atoms with van der Waals surface area (Å²) in [6.07, 6.45) is 1.74. The molecule has 0 aliphatic rings. The molecule has 0 radical (unpaired) electrons. The van der Waals surface area contributed by atoms with Crippen LogP contribution < -0.4 is 21.7 Å². The predicted octanol–water partition coefficient (Wildman–Crippen LogP) is 8.06. The van der Waals surface area contributed by atoms with Gasteiger partial charge < -0.3 is 31.1 Å². The van der Waals surface area contributed by atoms with E-state index >= 15 is 0 Å².